The van der Waals surface area contributed by atoms with Crippen molar-refractivity contribution >= 4 is 11.5 Å². The Bertz CT molecular complexity index is 417. The number of hydrogen-bond acceptors (Lipinski definition) is 1. The lowest BCUT2D eigenvalue weighted by atomic mass is 9.98. The average molecular weight is 215 g/mol. The number of carbonyl (C=O) groups is 1. The van der Waals surface area contributed by atoms with E-state index in [0.29, 0.717) is 0 Å². The first kappa shape index (κ1) is 10.9. The molecule has 0 aliphatic carbocycles. The van der Waals surface area contributed by atoms with Crippen LogP contribution in [0, 0.1) is 6.92 Å². The van der Waals surface area contributed by atoms with Crippen LogP contribution in [0.5, 0.6) is 0 Å². The van der Waals surface area contributed by atoms with Gasteiger partial charge in [0.05, 0.1) is 0 Å². The summed E-state index contributed by atoms with van der Waals surface area (Å²) in [6, 6.07) is 8.58. The third kappa shape index (κ3) is 2.32. The molecular weight excluding hydrogens is 198 g/mol. The van der Waals surface area contributed by atoms with E-state index in [9.17, 15) is 4.79 Å². The van der Waals surface area contributed by atoms with Gasteiger partial charge in [-0.2, -0.15) is 0 Å². The molecule has 2 heteroatoms. The van der Waals surface area contributed by atoms with Crippen molar-refractivity contribution in [2.24, 2.45) is 0 Å². The Morgan fingerprint density at radius 2 is 1.94 bits per heavy atom. The third-order valence-electron chi connectivity index (χ3n) is 3.08. The fraction of sp³-hybridized carbons (Fsp3) is 0.357. The molecule has 0 spiro atoms. The normalized spacial score (nSPS) is 15.9. The van der Waals surface area contributed by atoms with Gasteiger partial charge in [0.15, 0.2) is 0 Å². The smallest absolute Gasteiger partial charge is 0.219 e. The quantitative estimate of drug-likeness (QED) is 0.705. The summed E-state index contributed by atoms with van der Waals surface area (Å²) >= 11 is 0. The molecule has 1 aromatic carbocycles. The zero-order chi connectivity index (χ0) is 11.5. The summed E-state index contributed by atoms with van der Waals surface area (Å²) in [6.07, 6.45) is 3.12. The van der Waals surface area contributed by atoms with E-state index in [4.69, 9.17) is 0 Å². The molecule has 0 N–H and O–H groups in total. The Labute approximate surface area is 96.6 Å². The lowest BCUT2D eigenvalue weighted by Gasteiger charge is -2.25. The van der Waals surface area contributed by atoms with Crippen LogP contribution in [0.1, 0.15) is 24.5 Å². The van der Waals surface area contributed by atoms with Crippen molar-refractivity contribution in [1.82, 2.24) is 4.90 Å². The van der Waals surface area contributed by atoms with E-state index in [0.717, 1.165) is 19.5 Å². The third-order valence-corrected chi connectivity index (χ3v) is 3.08. The fourth-order valence-corrected chi connectivity index (χ4v) is 1.98. The highest BCUT2D eigenvalue weighted by molar-refractivity contribution is 5.76. The molecule has 2 nitrogen and oxygen atoms in total. The number of benzene rings is 1. The summed E-state index contributed by atoms with van der Waals surface area (Å²) < 4.78 is 0. The second kappa shape index (κ2) is 4.52. The van der Waals surface area contributed by atoms with Crippen LogP contribution >= 0.6 is 0 Å². The second-order valence-corrected chi connectivity index (χ2v) is 4.31. The largest absolute Gasteiger partial charge is 0.339 e. The Balaban J connectivity index is 2.13. The van der Waals surface area contributed by atoms with Crippen LogP contribution in [0.3, 0.4) is 0 Å². The molecule has 1 amide bonds. The number of carbonyl (C=O) groups excluding carboxylic acids is 1. The van der Waals surface area contributed by atoms with Gasteiger partial charge in [-0.15, -0.1) is 0 Å². The highest BCUT2D eigenvalue weighted by Gasteiger charge is 2.14. The van der Waals surface area contributed by atoms with Crippen LogP contribution < -0.4 is 0 Å². The summed E-state index contributed by atoms with van der Waals surface area (Å²) in [7, 11) is 0. The van der Waals surface area contributed by atoms with E-state index in [2.05, 4.69) is 37.3 Å². The zero-order valence-corrected chi connectivity index (χ0v) is 9.86. The van der Waals surface area contributed by atoms with Gasteiger partial charge in [-0.05, 0) is 24.5 Å². The lowest BCUT2D eigenvalue weighted by Crippen LogP contribution is -2.32. The molecule has 0 saturated heterocycles. The van der Waals surface area contributed by atoms with Crippen molar-refractivity contribution in [3.8, 4) is 0 Å². The first-order valence-electron chi connectivity index (χ1n) is 5.68. The van der Waals surface area contributed by atoms with Gasteiger partial charge in [0.2, 0.25) is 5.91 Å². The molecule has 1 aromatic rings. The van der Waals surface area contributed by atoms with Gasteiger partial charge in [-0.1, -0.05) is 35.9 Å². The SMILES string of the molecule is CC(=O)N1CC=C(c2ccc(C)cc2)CC1. The van der Waals surface area contributed by atoms with E-state index in [1.807, 2.05) is 4.90 Å². The first-order valence-corrected chi connectivity index (χ1v) is 5.68. The van der Waals surface area contributed by atoms with Crippen molar-refractivity contribution in [3.63, 3.8) is 0 Å². The summed E-state index contributed by atoms with van der Waals surface area (Å²) in [5, 5.41) is 0. The van der Waals surface area contributed by atoms with Crippen LogP contribution in [-0.2, 0) is 4.79 Å². The van der Waals surface area contributed by atoms with Gasteiger partial charge in [0, 0.05) is 20.0 Å². The highest BCUT2D eigenvalue weighted by atomic mass is 16.2. The van der Waals surface area contributed by atoms with Crippen molar-refractivity contribution in [2.45, 2.75) is 20.3 Å². The van der Waals surface area contributed by atoms with E-state index in [1.165, 1.54) is 16.7 Å². The number of rotatable bonds is 1. The van der Waals surface area contributed by atoms with E-state index >= 15 is 0 Å². The Kier molecular flexibility index (Phi) is 3.09. The van der Waals surface area contributed by atoms with Crippen molar-refractivity contribution in [2.75, 3.05) is 13.1 Å². The van der Waals surface area contributed by atoms with Crippen molar-refractivity contribution < 1.29 is 4.79 Å². The monoisotopic (exact) mass is 215 g/mol. The molecular formula is C14H17NO. The van der Waals surface area contributed by atoms with Gasteiger partial charge in [-0.25, -0.2) is 0 Å². The maximum atomic E-state index is 11.2. The van der Waals surface area contributed by atoms with E-state index < -0.39 is 0 Å². The maximum Gasteiger partial charge on any atom is 0.219 e. The summed E-state index contributed by atoms with van der Waals surface area (Å²) in [5.74, 6) is 0.166. The van der Waals surface area contributed by atoms with Crippen molar-refractivity contribution in [1.29, 1.82) is 0 Å². The topological polar surface area (TPSA) is 20.3 Å². The minimum Gasteiger partial charge on any atom is -0.339 e. The molecule has 1 aliphatic rings. The number of amides is 1. The Morgan fingerprint density at radius 3 is 2.44 bits per heavy atom. The standard InChI is InChI=1S/C14H17NO/c1-11-3-5-13(6-4-11)14-7-9-15(10-8-14)12(2)16/h3-7H,8-10H2,1-2H3. The molecule has 0 atom stereocenters. The molecule has 0 unspecified atom stereocenters. The molecule has 2 rings (SSSR count). The first-order chi connectivity index (χ1) is 7.66. The lowest BCUT2D eigenvalue weighted by molar-refractivity contribution is -0.128. The van der Waals surface area contributed by atoms with E-state index in [1.54, 1.807) is 6.92 Å². The highest BCUT2D eigenvalue weighted by Crippen LogP contribution is 2.22. The fourth-order valence-electron chi connectivity index (χ4n) is 1.98. The molecule has 1 aliphatic heterocycles. The minimum atomic E-state index is 0.166. The van der Waals surface area contributed by atoms with Crippen LogP contribution in [0.2, 0.25) is 0 Å². The van der Waals surface area contributed by atoms with Crippen LogP contribution in [-0.4, -0.2) is 23.9 Å². The van der Waals surface area contributed by atoms with E-state index in [-0.39, 0.29) is 5.91 Å². The van der Waals surface area contributed by atoms with Crippen molar-refractivity contribution in [3.05, 3.63) is 41.5 Å². The molecule has 0 fully saturated rings. The molecule has 1 heterocycles. The molecule has 0 bridgehead atoms. The minimum absolute atomic E-state index is 0.166. The molecule has 16 heavy (non-hydrogen) atoms. The molecule has 0 radical (unpaired) electrons. The Hall–Kier alpha value is -1.57. The number of hydrogen-bond donors (Lipinski definition) is 0. The predicted octanol–water partition coefficient (Wildman–Crippen LogP) is 2.63. The van der Waals surface area contributed by atoms with Gasteiger partial charge >= 0.3 is 0 Å². The summed E-state index contributed by atoms with van der Waals surface area (Å²) in [4.78, 5) is 13.1. The van der Waals surface area contributed by atoms with Crippen LogP contribution in [0.15, 0.2) is 30.3 Å². The number of nitrogens with zero attached hydrogens (tertiary/aromatic N) is 1. The maximum absolute atomic E-state index is 11.2. The number of aryl methyl sites for hydroxylation is 1. The van der Waals surface area contributed by atoms with Gasteiger partial charge in [0.1, 0.15) is 0 Å². The van der Waals surface area contributed by atoms with Crippen LogP contribution in [0.4, 0.5) is 0 Å². The Morgan fingerprint density at radius 1 is 1.25 bits per heavy atom. The molecule has 0 aromatic heterocycles. The van der Waals surface area contributed by atoms with Gasteiger partial charge in [0.25, 0.3) is 0 Å². The average Bonchev–Trinajstić information content (AvgIpc) is 2.30. The molecule has 0 saturated carbocycles. The predicted molar refractivity (Wildman–Crippen MR) is 66.0 cm³/mol. The second-order valence-electron chi connectivity index (χ2n) is 4.31. The molecule has 84 valence electrons. The van der Waals surface area contributed by atoms with Crippen LogP contribution in [0.25, 0.3) is 5.57 Å². The summed E-state index contributed by atoms with van der Waals surface area (Å²) in [5.41, 5.74) is 3.93. The summed E-state index contributed by atoms with van der Waals surface area (Å²) in [6.45, 7) is 5.31. The van der Waals surface area contributed by atoms with Gasteiger partial charge < -0.3 is 4.90 Å². The zero-order valence-electron chi connectivity index (χ0n) is 9.86. The van der Waals surface area contributed by atoms with Gasteiger partial charge in [-0.3, -0.25) is 4.79 Å².